The molecule has 0 unspecified atom stereocenters. The number of thiazole rings is 1. The van der Waals surface area contributed by atoms with Crippen LogP contribution < -0.4 is 10.1 Å². The highest BCUT2D eigenvalue weighted by Crippen LogP contribution is 2.32. The van der Waals surface area contributed by atoms with Gasteiger partial charge in [0.25, 0.3) is 5.91 Å². The van der Waals surface area contributed by atoms with Crippen LogP contribution in [0.5, 0.6) is 11.5 Å². The average Bonchev–Trinajstić information content (AvgIpc) is 3.46. The van der Waals surface area contributed by atoms with Crippen molar-refractivity contribution in [2.45, 2.75) is 31.6 Å². The molecule has 0 bridgehead atoms. The zero-order valence-electron chi connectivity index (χ0n) is 21.6. The van der Waals surface area contributed by atoms with Crippen LogP contribution in [0, 0.1) is 0 Å². The van der Waals surface area contributed by atoms with E-state index in [1.807, 2.05) is 23.1 Å². The number of Topliss-reactive ketones (excluding diaryl/α,β-unsaturated/α-hetero) is 1. The van der Waals surface area contributed by atoms with Crippen molar-refractivity contribution in [3.05, 3.63) is 82.3 Å². The maximum Gasteiger partial charge on any atom is 0.275 e. The standard InChI is InChI=1S/C30H29N3O5S/c1-38-23-8-5-19(6-9-23)27(35)11-12-28(36)33-15-13-20(14-16-33)30-32-26(18-39-30)29(37)31-25-4-2-3-21-17-22(34)7-10-24(21)25/h2-10,17-18,20,34H,11-16H2,1H3,(H,31,37). The van der Waals surface area contributed by atoms with E-state index < -0.39 is 0 Å². The molecule has 0 atom stereocenters. The summed E-state index contributed by atoms with van der Waals surface area (Å²) in [5.41, 5.74) is 1.59. The molecule has 8 nitrogen and oxygen atoms in total. The molecule has 1 saturated heterocycles. The number of rotatable bonds is 8. The number of nitrogens with one attached hydrogen (secondary N) is 1. The summed E-state index contributed by atoms with van der Waals surface area (Å²) in [4.78, 5) is 44.5. The summed E-state index contributed by atoms with van der Waals surface area (Å²) in [5.74, 6) is 0.679. The third-order valence-electron chi connectivity index (χ3n) is 7.04. The van der Waals surface area contributed by atoms with E-state index in [1.165, 1.54) is 11.3 Å². The summed E-state index contributed by atoms with van der Waals surface area (Å²) in [6.07, 6.45) is 1.89. The van der Waals surface area contributed by atoms with Crippen LogP contribution in [-0.2, 0) is 4.79 Å². The van der Waals surface area contributed by atoms with Gasteiger partial charge in [0.1, 0.15) is 17.2 Å². The van der Waals surface area contributed by atoms with E-state index in [1.54, 1.807) is 55.0 Å². The Hall–Kier alpha value is -4.24. The number of benzene rings is 3. The van der Waals surface area contributed by atoms with Crippen LogP contribution in [0.15, 0.2) is 66.0 Å². The predicted molar refractivity (Wildman–Crippen MR) is 151 cm³/mol. The number of hydrogen-bond acceptors (Lipinski definition) is 7. The molecule has 5 rings (SSSR count). The third kappa shape index (κ3) is 6.09. The topological polar surface area (TPSA) is 109 Å². The van der Waals surface area contributed by atoms with Gasteiger partial charge < -0.3 is 20.1 Å². The van der Waals surface area contributed by atoms with Gasteiger partial charge >= 0.3 is 0 Å². The Balaban J connectivity index is 1.12. The smallest absolute Gasteiger partial charge is 0.275 e. The zero-order chi connectivity index (χ0) is 27.4. The fourth-order valence-electron chi connectivity index (χ4n) is 4.82. The Bertz CT molecular complexity index is 1510. The second-order valence-corrected chi connectivity index (χ2v) is 10.4. The molecule has 0 spiro atoms. The normalized spacial score (nSPS) is 13.8. The minimum Gasteiger partial charge on any atom is -0.508 e. The van der Waals surface area contributed by atoms with E-state index >= 15 is 0 Å². The quantitative estimate of drug-likeness (QED) is 0.279. The molecule has 1 aliphatic heterocycles. The maximum atomic E-state index is 12.9. The number of aromatic nitrogens is 1. The van der Waals surface area contributed by atoms with Gasteiger partial charge in [0.05, 0.1) is 12.1 Å². The number of phenolic OH excluding ortho intramolecular Hbond substituents is 1. The molecule has 2 heterocycles. The SMILES string of the molecule is COc1ccc(C(=O)CCC(=O)N2CCC(c3nc(C(=O)Nc4cccc5cc(O)ccc45)cs3)CC2)cc1. The molecule has 39 heavy (non-hydrogen) atoms. The van der Waals surface area contributed by atoms with Crippen LogP contribution in [0.1, 0.15) is 57.5 Å². The predicted octanol–water partition coefficient (Wildman–Crippen LogP) is 5.63. The van der Waals surface area contributed by atoms with Gasteiger partial charge in [-0.05, 0) is 66.8 Å². The van der Waals surface area contributed by atoms with Gasteiger partial charge in [0.15, 0.2) is 5.78 Å². The van der Waals surface area contributed by atoms with Crippen LogP contribution in [0.2, 0.25) is 0 Å². The Morgan fingerprint density at radius 3 is 2.56 bits per heavy atom. The van der Waals surface area contributed by atoms with Gasteiger partial charge in [-0.25, -0.2) is 4.98 Å². The lowest BCUT2D eigenvalue weighted by Crippen LogP contribution is -2.38. The zero-order valence-corrected chi connectivity index (χ0v) is 22.4. The highest BCUT2D eigenvalue weighted by atomic mass is 32.1. The number of ketones is 1. The summed E-state index contributed by atoms with van der Waals surface area (Å²) in [6, 6.07) is 17.5. The van der Waals surface area contributed by atoms with Gasteiger partial charge in [-0.2, -0.15) is 0 Å². The Morgan fingerprint density at radius 1 is 1.05 bits per heavy atom. The van der Waals surface area contributed by atoms with Crippen molar-refractivity contribution in [3.8, 4) is 11.5 Å². The second kappa shape index (κ2) is 11.7. The highest BCUT2D eigenvalue weighted by Gasteiger charge is 2.26. The summed E-state index contributed by atoms with van der Waals surface area (Å²) in [7, 11) is 1.57. The molecule has 1 fully saturated rings. The van der Waals surface area contributed by atoms with E-state index in [0.29, 0.717) is 35.8 Å². The summed E-state index contributed by atoms with van der Waals surface area (Å²) in [5, 5.41) is 17.0. The van der Waals surface area contributed by atoms with E-state index in [4.69, 9.17) is 4.74 Å². The van der Waals surface area contributed by atoms with Crippen molar-refractivity contribution in [1.29, 1.82) is 0 Å². The first kappa shape index (κ1) is 26.4. The molecule has 4 aromatic rings. The molecule has 200 valence electrons. The maximum absolute atomic E-state index is 12.9. The third-order valence-corrected chi connectivity index (χ3v) is 8.05. The number of carbonyl (C=O) groups excluding carboxylic acids is 3. The lowest BCUT2D eigenvalue weighted by molar-refractivity contribution is -0.132. The number of piperidine rings is 1. The van der Waals surface area contributed by atoms with Crippen molar-refractivity contribution in [2.24, 2.45) is 0 Å². The fraction of sp³-hybridized carbons (Fsp3) is 0.267. The average molecular weight is 544 g/mol. The van der Waals surface area contributed by atoms with E-state index in [9.17, 15) is 19.5 Å². The van der Waals surface area contributed by atoms with Crippen LogP contribution in [0.3, 0.4) is 0 Å². The van der Waals surface area contributed by atoms with Crippen LogP contribution in [0.25, 0.3) is 10.8 Å². The van der Waals surface area contributed by atoms with Crippen molar-refractivity contribution < 1.29 is 24.2 Å². The van der Waals surface area contributed by atoms with Crippen LogP contribution in [-0.4, -0.2) is 52.8 Å². The monoisotopic (exact) mass is 543 g/mol. The van der Waals surface area contributed by atoms with Crippen LogP contribution in [0.4, 0.5) is 5.69 Å². The number of aromatic hydroxyl groups is 1. The Labute approximate surface area is 230 Å². The Kier molecular flexibility index (Phi) is 7.88. The molecule has 2 N–H and O–H groups in total. The summed E-state index contributed by atoms with van der Waals surface area (Å²) >= 11 is 1.46. The fourth-order valence-corrected chi connectivity index (χ4v) is 5.79. The first-order valence-electron chi connectivity index (χ1n) is 12.8. The van der Waals surface area contributed by atoms with Crippen molar-refractivity contribution in [3.63, 3.8) is 0 Å². The largest absolute Gasteiger partial charge is 0.508 e. The van der Waals surface area contributed by atoms with Crippen molar-refractivity contribution in [2.75, 3.05) is 25.5 Å². The van der Waals surface area contributed by atoms with Crippen molar-refractivity contribution >= 4 is 45.4 Å². The van der Waals surface area contributed by atoms with Gasteiger partial charge in [-0.15, -0.1) is 11.3 Å². The number of ether oxygens (including phenoxy) is 1. The first-order valence-corrected chi connectivity index (χ1v) is 13.7. The number of anilines is 1. The van der Waals surface area contributed by atoms with Gasteiger partial charge in [0, 0.05) is 53.9 Å². The Morgan fingerprint density at radius 2 is 1.82 bits per heavy atom. The number of methoxy groups -OCH3 is 1. The molecule has 9 heteroatoms. The first-order chi connectivity index (χ1) is 18.9. The molecule has 3 aromatic carbocycles. The minimum absolute atomic E-state index is 0.0158. The van der Waals surface area contributed by atoms with E-state index in [0.717, 1.165) is 28.6 Å². The lowest BCUT2D eigenvalue weighted by Gasteiger charge is -2.31. The molecular weight excluding hydrogens is 514 g/mol. The number of likely N-dealkylation sites (tertiary alicyclic amines) is 1. The molecule has 1 aromatic heterocycles. The second-order valence-electron chi connectivity index (χ2n) is 9.54. The van der Waals surface area contributed by atoms with Crippen molar-refractivity contribution in [1.82, 2.24) is 9.88 Å². The van der Waals surface area contributed by atoms with Gasteiger partial charge in [0.2, 0.25) is 5.91 Å². The number of carbonyl (C=O) groups is 3. The molecule has 0 saturated carbocycles. The number of nitrogens with zero attached hydrogens (tertiary/aromatic N) is 2. The van der Waals surface area contributed by atoms with Crippen LogP contribution >= 0.6 is 11.3 Å². The van der Waals surface area contributed by atoms with E-state index in [-0.39, 0.29) is 42.1 Å². The highest BCUT2D eigenvalue weighted by molar-refractivity contribution is 7.10. The molecule has 0 aliphatic carbocycles. The molecular formula is C30H29N3O5S. The number of amides is 2. The van der Waals surface area contributed by atoms with Gasteiger partial charge in [-0.1, -0.05) is 12.1 Å². The lowest BCUT2D eigenvalue weighted by atomic mass is 9.97. The number of hydrogen-bond donors (Lipinski definition) is 2. The summed E-state index contributed by atoms with van der Waals surface area (Å²) in [6.45, 7) is 1.20. The number of fused-ring (bicyclic) bond motifs is 1. The molecule has 1 aliphatic rings. The van der Waals surface area contributed by atoms with Gasteiger partial charge in [-0.3, -0.25) is 14.4 Å². The minimum atomic E-state index is -0.285. The molecule has 0 radical (unpaired) electrons. The summed E-state index contributed by atoms with van der Waals surface area (Å²) < 4.78 is 5.12. The number of phenols is 1. The molecule has 2 amide bonds. The van der Waals surface area contributed by atoms with E-state index in [2.05, 4.69) is 10.3 Å².